The van der Waals surface area contributed by atoms with Crippen LogP contribution in [0.5, 0.6) is 11.5 Å². The van der Waals surface area contributed by atoms with E-state index in [-0.39, 0.29) is 6.04 Å². The van der Waals surface area contributed by atoms with Crippen molar-refractivity contribution in [3.63, 3.8) is 0 Å². The third-order valence-corrected chi connectivity index (χ3v) is 3.56. The fourth-order valence-electron chi connectivity index (χ4n) is 2.16. The van der Waals surface area contributed by atoms with Crippen LogP contribution in [0.3, 0.4) is 0 Å². The number of ether oxygens (including phenoxy) is 3. The predicted octanol–water partition coefficient (Wildman–Crippen LogP) is 2.03. The van der Waals surface area contributed by atoms with Gasteiger partial charge in [0.05, 0.1) is 18.8 Å². The van der Waals surface area contributed by atoms with Crippen molar-refractivity contribution >= 4 is 0 Å². The topological polar surface area (TPSA) is 53.7 Å². The largest absolute Gasteiger partial charge is 0.486 e. The van der Waals surface area contributed by atoms with E-state index in [0.717, 1.165) is 17.1 Å². The molecule has 0 amide bonds. The Labute approximate surface area is 107 Å². The summed E-state index contributed by atoms with van der Waals surface area (Å²) in [5.74, 6) is 1.59. The Hall–Kier alpha value is -1.26. The lowest BCUT2D eigenvalue weighted by Gasteiger charge is -2.27. The van der Waals surface area contributed by atoms with Gasteiger partial charge >= 0.3 is 0 Å². The summed E-state index contributed by atoms with van der Waals surface area (Å²) in [5.41, 5.74) is 7.17. The molecule has 1 aromatic rings. The van der Waals surface area contributed by atoms with Crippen LogP contribution in [0.25, 0.3) is 0 Å². The second kappa shape index (κ2) is 5.16. The van der Waals surface area contributed by atoms with Gasteiger partial charge in [0.25, 0.3) is 0 Å². The maximum absolute atomic E-state index is 6.13. The van der Waals surface area contributed by atoms with Crippen molar-refractivity contribution in [1.82, 2.24) is 0 Å². The van der Waals surface area contributed by atoms with E-state index >= 15 is 0 Å². The molecular weight excluding hydrogens is 230 g/mol. The summed E-state index contributed by atoms with van der Waals surface area (Å²) in [6.07, 6.45) is 4.05. The molecule has 1 aliphatic heterocycles. The van der Waals surface area contributed by atoms with Gasteiger partial charge in [0.2, 0.25) is 0 Å². The molecule has 2 N–H and O–H groups in total. The van der Waals surface area contributed by atoms with Crippen molar-refractivity contribution in [2.75, 3.05) is 19.8 Å². The first kappa shape index (κ1) is 11.8. The first-order chi connectivity index (χ1) is 8.83. The molecule has 3 rings (SSSR count). The summed E-state index contributed by atoms with van der Waals surface area (Å²) < 4.78 is 16.8. The molecule has 1 saturated carbocycles. The lowest BCUT2D eigenvalue weighted by molar-refractivity contribution is -0.00449. The van der Waals surface area contributed by atoms with Crippen LogP contribution >= 0.6 is 0 Å². The minimum absolute atomic E-state index is 0.0959. The van der Waals surface area contributed by atoms with Crippen molar-refractivity contribution in [2.24, 2.45) is 5.73 Å². The minimum Gasteiger partial charge on any atom is -0.486 e. The van der Waals surface area contributed by atoms with Crippen LogP contribution in [-0.2, 0) is 4.74 Å². The van der Waals surface area contributed by atoms with E-state index in [2.05, 4.69) is 0 Å². The molecule has 98 valence electrons. The molecular formula is C14H19NO3. The van der Waals surface area contributed by atoms with Gasteiger partial charge in [-0.2, -0.15) is 0 Å². The van der Waals surface area contributed by atoms with Crippen LogP contribution in [0, 0.1) is 0 Å². The van der Waals surface area contributed by atoms with Crippen LogP contribution in [-0.4, -0.2) is 25.9 Å². The molecule has 1 unspecified atom stereocenters. The van der Waals surface area contributed by atoms with Gasteiger partial charge in [-0.25, -0.2) is 0 Å². The molecule has 1 aromatic carbocycles. The minimum atomic E-state index is -0.0959. The van der Waals surface area contributed by atoms with E-state index < -0.39 is 0 Å². The Morgan fingerprint density at radius 2 is 2.00 bits per heavy atom. The molecule has 1 atom stereocenters. The highest BCUT2D eigenvalue weighted by atomic mass is 16.6. The summed E-state index contributed by atoms with van der Waals surface area (Å²) >= 11 is 0. The summed E-state index contributed by atoms with van der Waals surface area (Å²) in [6.45, 7) is 1.79. The number of rotatable bonds is 4. The normalized spacial score (nSPS) is 20.3. The van der Waals surface area contributed by atoms with E-state index in [4.69, 9.17) is 19.9 Å². The van der Waals surface area contributed by atoms with E-state index in [1.165, 1.54) is 19.3 Å². The van der Waals surface area contributed by atoms with Crippen molar-refractivity contribution in [3.8, 4) is 11.5 Å². The van der Waals surface area contributed by atoms with Gasteiger partial charge in [0, 0.05) is 0 Å². The number of hydrogen-bond acceptors (Lipinski definition) is 4. The number of fused-ring (bicyclic) bond motifs is 1. The van der Waals surface area contributed by atoms with Gasteiger partial charge in [-0.05, 0) is 37.0 Å². The number of hydrogen-bond donors (Lipinski definition) is 1. The summed E-state index contributed by atoms with van der Waals surface area (Å²) in [6, 6.07) is 5.78. The van der Waals surface area contributed by atoms with Crippen LogP contribution < -0.4 is 15.2 Å². The molecule has 0 bridgehead atoms. The van der Waals surface area contributed by atoms with Crippen LogP contribution in [0.2, 0.25) is 0 Å². The SMILES string of the molecule is NC(COC1CCC1)c1ccc2c(c1)OCCO2. The Morgan fingerprint density at radius 3 is 2.72 bits per heavy atom. The van der Waals surface area contributed by atoms with E-state index in [1.807, 2.05) is 18.2 Å². The van der Waals surface area contributed by atoms with Gasteiger partial charge in [0.15, 0.2) is 11.5 Å². The zero-order valence-corrected chi connectivity index (χ0v) is 10.4. The van der Waals surface area contributed by atoms with Crippen LogP contribution in [0.15, 0.2) is 18.2 Å². The Kier molecular flexibility index (Phi) is 3.39. The maximum Gasteiger partial charge on any atom is 0.161 e. The van der Waals surface area contributed by atoms with E-state index in [0.29, 0.717) is 25.9 Å². The molecule has 0 saturated heterocycles. The first-order valence-electron chi connectivity index (χ1n) is 6.59. The van der Waals surface area contributed by atoms with Crippen molar-refractivity contribution < 1.29 is 14.2 Å². The van der Waals surface area contributed by atoms with Crippen molar-refractivity contribution in [1.29, 1.82) is 0 Å². The zero-order chi connectivity index (χ0) is 12.4. The van der Waals surface area contributed by atoms with Crippen molar-refractivity contribution in [3.05, 3.63) is 23.8 Å². The molecule has 1 fully saturated rings. The third kappa shape index (κ3) is 2.44. The van der Waals surface area contributed by atoms with Gasteiger partial charge in [-0.1, -0.05) is 6.07 Å². The van der Waals surface area contributed by atoms with Crippen molar-refractivity contribution in [2.45, 2.75) is 31.4 Å². The Balaban J connectivity index is 1.63. The van der Waals surface area contributed by atoms with Gasteiger partial charge in [-0.15, -0.1) is 0 Å². The Morgan fingerprint density at radius 1 is 1.22 bits per heavy atom. The third-order valence-electron chi connectivity index (χ3n) is 3.56. The first-order valence-corrected chi connectivity index (χ1v) is 6.59. The smallest absolute Gasteiger partial charge is 0.161 e. The summed E-state index contributed by atoms with van der Waals surface area (Å²) in [4.78, 5) is 0. The molecule has 4 heteroatoms. The second-order valence-corrected chi connectivity index (χ2v) is 4.90. The van der Waals surface area contributed by atoms with Gasteiger partial charge in [0.1, 0.15) is 13.2 Å². The average Bonchev–Trinajstić information content (AvgIpc) is 2.36. The fourth-order valence-corrected chi connectivity index (χ4v) is 2.16. The molecule has 0 aromatic heterocycles. The summed E-state index contributed by atoms with van der Waals surface area (Å²) in [7, 11) is 0. The molecule has 1 heterocycles. The predicted molar refractivity (Wildman–Crippen MR) is 68.0 cm³/mol. The highest BCUT2D eigenvalue weighted by Crippen LogP contribution is 2.32. The maximum atomic E-state index is 6.13. The monoisotopic (exact) mass is 249 g/mol. The number of benzene rings is 1. The second-order valence-electron chi connectivity index (χ2n) is 4.90. The van der Waals surface area contributed by atoms with Crippen LogP contribution in [0.1, 0.15) is 30.9 Å². The molecule has 2 aliphatic rings. The van der Waals surface area contributed by atoms with E-state index in [9.17, 15) is 0 Å². The Bertz CT molecular complexity index is 418. The van der Waals surface area contributed by atoms with E-state index in [1.54, 1.807) is 0 Å². The molecule has 1 aliphatic carbocycles. The quantitative estimate of drug-likeness (QED) is 0.887. The highest BCUT2D eigenvalue weighted by Gasteiger charge is 2.20. The van der Waals surface area contributed by atoms with Gasteiger partial charge < -0.3 is 19.9 Å². The lowest BCUT2D eigenvalue weighted by atomic mass is 9.96. The molecule has 4 nitrogen and oxygen atoms in total. The van der Waals surface area contributed by atoms with Gasteiger partial charge in [-0.3, -0.25) is 0 Å². The lowest BCUT2D eigenvalue weighted by Crippen LogP contribution is -2.27. The summed E-state index contributed by atoms with van der Waals surface area (Å²) in [5, 5.41) is 0. The molecule has 0 spiro atoms. The highest BCUT2D eigenvalue weighted by molar-refractivity contribution is 5.44. The fraction of sp³-hybridized carbons (Fsp3) is 0.571. The van der Waals surface area contributed by atoms with Crippen LogP contribution in [0.4, 0.5) is 0 Å². The number of nitrogens with two attached hydrogens (primary N) is 1. The zero-order valence-electron chi connectivity index (χ0n) is 10.4. The average molecular weight is 249 g/mol. The standard InChI is InChI=1S/C14H19NO3/c15-12(9-18-11-2-1-3-11)10-4-5-13-14(8-10)17-7-6-16-13/h4-5,8,11-12H,1-3,6-7,9,15H2. The molecule has 0 radical (unpaired) electrons. The molecule has 18 heavy (non-hydrogen) atoms.